The van der Waals surface area contributed by atoms with Gasteiger partial charge < -0.3 is 26.0 Å². The number of rotatable bonds is 7. The fraction of sp³-hybridized carbons (Fsp3) is 0.778. The van der Waals surface area contributed by atoms with Crippen LogP contribution in [0.4, 0.5) is 0 Å². The molecule has 0 radical (unpaired) electrons. The van der Waals surface area contributed by atoms with Gasteiger partial charge in [-0.3, -0.25) is 29.3 Å². The van der Waals surface area contributed by atoms with Crippen molar-refractivity contribution >= 4 is 23.8 Å². The highest BCUT2D eigenvalue weighted by Crippen LogP contribution is 2.33. The molecule has 0 aromatic rings. The van der Waals surface area contributed by atoms with Crippen LogP contribution in [-0.4, -0.2) is 62.3 Å². The summed E-state index contributed by atoms with van der Waals surface area (Å²) in [6.45, 7) is 1.46. The topological polar surface area (TPSA) is 196 Å². The van der Waals surface area contributed by atoms with Crippen molar-refractivity contribution in [3.63, 3.8) is 0 Å². The molecule has 168 valence electrons. The van der Waals surface area contributed by atoms with Crippen molar-refractivity contribution in [2.45, 2.75) is 63.8 Å². The van der Waals surface area contributed by atoms with Crippen molar-refractivity contribution in [1.82, 2.24) is 10.6 Å². The zero-order valence-corrected chi connectivity index (χ0v) is 16.5. The lowest BCUT2D eigenvalue weighted by atomic mass is 9.76. The molecule has 2 fully saturated rings. The maximum atomic E-state index is 12.6. The molecule has 0 heterocycles. The molecule has 7 unspecified atom stereocenters. The Labute approximate surface area is 172 Å². The van der Waals surface area contributed by atoms with Crippen molar-refractivity contribution in [1.29, 1.82) is 0 Å². The monoisotopic (exact) mass is 429 g/mol. The molecule has 0 saturated heterocycles. The first kappa shape index (κ1) is 23.5. The number of nitrogens with zero attached hydrogens (tertiary/aromatic N) is 1. The van der Waals surface area contributed by atoms with Gasteiger partial charge in [0, 0.05) is 17.8 Å². The summed E-state index contributed by atoms with van der Waals surface area (Å²) in [4.78, 5) is 58.3. The zero-order valence-electron chi connectivity index (χ0n) is 16.5. The SMILES string of the molecule is CC(NC(=O)C1CCC(O)CC1C(=O)O)NC(=O)C1CCC([N+](=O)[O-])CC1C(=O)O. The fourth-order valence-corrected chi connectivity index (χ4v) is 4.34. The van der Waals surface area contributed by atoms with Gasteiger partial charge in [0.2, 0.25) is 17.9 Å². The van der Waals surface area contributed by atoms with Crippen molar-refractivity contribution in [3.8, 4) is 0 Å². The standard InChI is InChI=1S/C18H27N3O9/c1-8(20-16(24)12-5-3-10(22)7-14(12)18(27)28)19-15(23)11-4-2-9(21(29)30)6-13(11)17(25)26/h8-14,22H,2-7H2,1H3,(H,19,23)(H,20,24)(H,25,26)(H,27,28). The van der Waals surface area contributed by atoms with Crippen molar-refractivity contribution in [3.05, 3.63) is 10.1 Å². The van der Waals surface area contributed by atoms with E-state index in [2.05, 4.69) is 10.6 Å². The zero-order chi connectivity index (χ0) is 22.6. The van der Waals surface area contributed by atoms with E-state index >= 15 is 0 Å². The molecule has 12 nitrogen and oxygen atoms in total. The number of carboxylic acids is 2. The number of hydrogen-bond acceptors (Lipinski definition) is 7. The highest BCUT2D eigenvalue weighted by Gasteiger charge is 2.44. The Kier molecular flexibility index (Phi) is 7.71. The summed E-state index contributed by atoms with van der Waals surface area (Å²) in [5.41, 5.74) is 0. The van der Waals surface area contributed by atoms with Gasteiger partial charge in [-0.2, -0.15) is 0 Å². The van der Waals surface area contributed by atoms with E-state index in [0.717, 1.165) is 0 Å². The van der Waals surface area contributed by atoms with E-state index in [1.807, 2.05) is 0 Å². The lowest BCUT2D eigenvalue weighted by Crippen LogP contribution is -2.53. The number of aliphatic hydroxyl groups excluding tert-OH is 1. The number of hydrogen-bond donors (Lipinski definition) is 5. The minimum absolute atomic E-state index is 0.0336. The first-order chi connectivity index (χ1) is 14.0. The summed E-state index contributed by atoms with van der Waals surface area (Å²) in [5, 5.41) is 44.3. The van der Waals surface area contributed by atoms with Crippen LogP contribution in [-0.2, 0) is 19.2 Å². The molecule has 0 spiro atoms. The average molecular weight is 429 g/mol. The van der Waals surface area contributed by atoms with Gasteiger partial charge in [-0.05, 0) is 32.6 Å². The number of carbonyl (C=O) groups is 4. The fourth-order valence-electron chi connectivity index (χ4n) is 4.34. The number of amides is 2. The Morgan fingerprint density at radius 2 is 1.33 bits per heavy atom. The van der Waals surface area contributed by atoms with Crippen LogP contribution in [0.2, 0.25) is 0 Å². The van der Waals surface area contributed by atoms with Gasteiger partial charge in [-0.15, -0.1) is 0 Å². The lowest BCUT2D eigenvalue weighted by molar-refractivity contribution is -0.528. The van der Waals surface area contributed by atoms with Crippen LogP contribution in [0.1, 0.15) is 45.4 Å². The van der Waals surface area contributed by atoms with Gasteiger partial charge in [0.25, 0.3) is 0 Å². The van der Waals surface area contributed by atoms with Crippen molar-refractivity contribution in [2.24, 2.45) is 23.7 Å². The molecule has 2 amide bonds. The Morgan fingerprint density at radius 3 is 1.80 bits per heavy atom. The number of aliphatic hydroxyl groups is 1. The molecular formula is C18H27N3O9. The number of carbonyl (C=O) groups excluding carboxylic acids is 2. The van der Waals surface area contributed by atoms with E-state index in [1.165, 1.54) is 6.92 Å². The van der Waals surface area contributed by atoms with Crippen LogP contribution in [0.15, 0.2) is 0 Å². The second kappa shape index (κ2) is 9.83. The van der Waals surface area contributed by atoms with E-state index in [-0.39, 0.29) is 32.1 Å². The van der Waals surface area contributed by atoms with Crippen LogP contribution >= 0.6 is 0 Å². The van der Waals surface area contributed by atoms with Gasteiger partial charge in [-0.1, -0.05) is 0 Å². The molecular weight excluding hydrogens is 402 g/mol. The van der Waals surface area contributed by atoms with E-state index in [1.54, 1.807) is 0 Å². The van der Waals surface area contributed by atoms with Gasteiger partial charge >= 0.3 is 11.9 Å². The molecule has 2 saturated carbocycles. The second-order valence-electron chi connectivity index (χ2n) is 8.06. The maximum Gasteiger partial charge on any atom is 0.307 e. The molecule has 0 bridgehead atoms. The minimum Gasteiger partial charge on any atom is -0.481 e. The Bertz CT molecular complexity index is 713. The number of nitrogens with one attached hydrogen (secondary N) is 2. The number of nitro groups is 1. The molecule has 0 aromatic carbocycles. The molecule has 7 atom stereocenters. The normalized spacial score (nSPS) is 32.5. The molecule has 0 aliphatic heterocycles. The summed E-state index contributed by atoms with van der Waals surface area (Å²) in [7, 11) is 0. The highest BCUT2D eigenvalue weighted by molar-refractivity contribution is 5.87. The summed E-state index contributed by atoms with van der Waals surface area (Å²) in [6.07, 6.45) is -1.35. The van der Waals surface area contributed by atoms with Crippen LogP contribution in [0.5, 0.6) is 0 Å². The Hall–Kier alpha value is -2.76. The molecule has 5 N–H and O–H groups in total. The van der Waals surface area contributed by atoms with Gasteiger partial charge in [0.1, 0.15) is 0 Å². The summed E-state index contributed by atoms with van der Waals surface area (Å²) in [6, 6.07) is -1.01. The van der Waals surface area contributed by atoms with Crippen LogP contribution in [0.25, 0.3) is 0 Å². The molecule has 2 aliphatic rings. The summed E-state index contributed by atoms with van der Waals surface area (Å²) >= 11 is 0. The largest absolute Gasteiger partial charge is 0.481 e. The van der Waals surface area contributed by atoms with E-state index in [9.17, 15) is 44.6 Å². The molecule has 2 aliphatic carbocycles. The first-order valence-electron chi connectivity index (χ1n) is 9.89. The van der Waals surface area contributed by atoms with Gasteiger partial charge in [0.15, 0.2) is 0 Å². The summed E-state index contributed by atoms with van der Waals surface area (Å²) in [5.74, 6) is -7.73. The quantitative estimate of drug-likeness (QED) is 0.203. The van der Waals surface area contributed by atoms with E-state index in [4.69, 9.17) is 0 Å². The van der Waals surface area contributed by atoms with Crippen molar-refractivity contribution in [2.75, 3.05) is 0 Å². The van der Waals surface area contributed by atoms with Crippen LogP contribution in [0.3, 0.4) is 0 Å². The molecule has 12 heteroatoms. The number of carboxylic acid groups (broad SMARTS) is 2. The molecule has 30 heavy (non-hydrogen) atoms. The third-order valence-electron chi connectivity index (χ3n) is 5.97. The predicted molar refractivity (Wildman–Crippen MR) is 99.5 cm³/mol. The average Bonchev–Trinajstić information content (AvgIpc) is 2.66. The van der Waals surface area contributed by atoms with E-state index < -0.39 is 70.7 Å². The molecule has 0 aromatic heterocycles. The van der Waals surface area contributed by atoms with Crippen molar-refractivity contribution < 1.29 is 39.4 Å². The summed E-state index contributed by atoms with van der Waals surface area (Å²) < 4.78 is 0. The Balaban J connectivity index is 1.96. The van der Waals surface area contributed by atoms with Crippen LogP contribution < -0.4 is 10.6 Å². The Morgan fingerprint density at radius 1 is 0.867 bits per heavy atom. The maximum absolute atomic E-state index is 12.6. The highest BCUT2D eigenvalue weighted by atomic mass is 16.6. The third kappa shape index (κ3) is 5.65. The minimum atomic E-state index is -1.29. The number of aliphatic carboxylic acids is 2. The van der Waals surface area contributed by atoms with Crippen LogP contribution in [0, 0.1) is 33.8 Å². The second-order valence-corrected chi connectivity index (χ2v) is 8.06. The lowest BCUT2D eigenvalue weighted by Gasteiger charge is -2.32. The first-order valence-corrected chi connectivity index (χ1v) is 9.89. The van der Waals surface area contributed by atoms with Gasteiger partial charge in [-0.25, -0.2) is 0 Å². The molecule has 2 rings (SSSR count). The van der Waals surface area contributed by atoms with Gasteiger partial charge in [0.05, 0.1) is 35.9 Å². The van der Waals surface area contributed by atoms with E-state index in [0.29, 0.717) is 6.42 Å². The smallest absolute Gasteiger partial charge is 0.307 e. The third-order valence-corrected chi connectivity index (χ3v) is 5.97. The predicted octanol–water partition coefficient (Wildman–Crippen LogP) is -0.427.